The molecule has 3 saturated carbocycles. The first-order valence-corrected chi connectivity index (χ1v) is 10.9. The summed E-state index contributed by atoms with van der Waals surface area (Å²) in [6.45, 7) is 6.63. The van der Waals surface area contributed by atoms with Gasteiger partial charge in [-0.05, 0) is 74.9 Å². The number of benzene rings is 1. The van der Waals surface area contributed by atoms with E-state index < -0.39 is 0 Å². The topological polar surface area (TPSA) is 135 Å². The summed E-state index contributed by atoms with van der Waals surface area (Å²) >= 11 is 0. The van der Waals surface area contributed by atoms with E-state index in [4.69, 9.17) is 10.00 Å². The highest BCUT2D eigenvalue weighted by Crippen LogP contribution is 2.67. The second kappa shape index (κ2) is 7.49. The number of aromatic amines is 1. The number of H-pyrrole nitrogens is 1. The standard InChI is InChI=1S/C24H24N8O/c1-4-27-21-28-17-19(29-21)30-22(32-24-10-23(11-24,12-24)13-26)31-20(17)33-18-14(2)8-16(6-5-7-25)9-15(18)3/h5-6,8-9H,4,10-12H2,1-3H3,(H3,27,28,29,30,31,32)/b6-5+. The predicted octanol–water partition coefficient (Wildman–Crippen LogP) is 4.59. The number of aryl methyl sites for hydroxylation is 2. The van der Waals surface area contributed by atoms with E-state index in [-0.39, 0.29) is 11.0 Å². The molecule has 3 aromatic rings. The zero-order valence-corrected chi connectivity index (χ0v) is 18.8. The van der Waals surface area contributed by atoms with Crippen LogP contribution in [-0.4, -0.2) is 32.0 Å². The molecule has 2 aromatic heterocycles. The Morgan fingerprint density at radius 2 is 1.88 bits per heavy atom. The molecule has 6 rings (SSSR count). The van der Waals surface area contributed by atoms with Gasteiger partial charge in [0.2, 0.25) is 11.9 Å². The molecule has 0 spiro atoms. The number of imidazole rings is 1. The Morgan fingerprint density at radius 3 is 2.52 bits per heavy atom. The first kappa shape index (κ1) is 20.8. The number of hydrogen-bond acceptors (Lipinski definition) is 8. The van der Waals surface area contributed by atoms with E-state index in [0.29, 0.717) is 41.2 Å². The Kier molecular flexibility index (Phi) is 4.71. The fraction of sp³-hybridized carbons (Fsp3) is 0.375. The second-order valence-corrected chi connectivity index (χ2v) is 9.04. The van der Waals surface area contributed by atoms with Crippen LogP contribution >= 0.6 is 0 Å². The SMILES string of the molecule is CCNc1nc2nc(NC34CC(C#N)(C3)C4)nc(Oc3c(C)cc(/C=C/C#N)cc3C)c2[nH]1. The summed E-state index contributed by atoms with van der Waals surface area (Å²) in [5, 5.41) is 24.7. The van der Waals surface area contributed by atoms with Crippen LogP contribution in [0.5, 0.6) is 11.6 Å². The Morgan fingerprint density at radius 1 is 1.15 bits per heavy atom. The van der Waals surface area contributed by atoms with Crippen LogP contribution in [0.3, 0.4) is 0 Å². The number of nitrogens with zero attached hydrogens (tertiary/aromatic N) is 5. The van der Waals surface area contributed by atoms with Gasteiger partial charge in [0.1, 0.15) is 5.75 Å². The fourth-order valence-corrected chi connectivity index (χ4v) is 5.00. The van der Waals surface area contributed by atoms with Gasteiger partial charge in [0.15, 0.2) is 11.2 Å². The van der Waals surface area contributed by atoms with Crippen LogP contribution in [0.4, 0.5) is 11.9 Å². The van der Waals surface area contributed by atoms with E-state index in [1.165, 1.54) is 6.08 Å². The highest BCUT2D eigenvalue weighted by Gasteiger charge is 2.69. The zero-order valence-electron chi connectivity index (χ0n) is 18.8. The van der Waals surface area contributed by atoms with Gasteiger partial charge < -0.3 is 20.4 Å². The molecule has 1 aromatic carbocycles. The molecule has 3 aliphatic rings. The third-order valence-electron chi connectivity index (χ3n) is 6.34. The van der Waals surface area contributed by atoms with E-state index in [1.54, 1.807) is 6.08 Å². The highest BCUT2D eigenvalue weighted by atomic mass is 16.5. The number of nitriles is 2. The summed E-state index contributed by atoms with van der Waals surface area (Å²) in [5.41, 5.74) is 3.61. The number of anilines is 2. The largest absolute Gasteiger partial charge is 0.436 e. The molecule has 0 radical (unpaired) electrons. The minimum atomic E-state index is -0.170. The van der Waals surface area contributed by atoms with Crippen molar-refractivity contribution in [1.82, 2.24) is 19.9 Å². The Bertz CT molecular complexity index is 1330. The van der Waals surface area contributed by atoms with Crippen molar-refractivity contribution in [1.29, 1.82) is 10.5 Å². The minimum absolute atomic E-state index is 0.109. The minimum Gasteiger partial charge on any atom is -0.436 e. The van der Waals surface area contributed by atoms with Crippen LogP contribution in [0, 0.1) is 41.9 Å². The van der Waals surface area contributed by atoms with Crippen molar-refractivity contribution in [3.8, 4) is 23.8 Å². The maximum atomic E-state index is 9.32. The average molecular weight is 441 g/mol. The van der Waals surface area contributed by atoms with Crippen molar-refractivity contribution in [2.45, 2.75) is 45.6 Å². The molecule has 0 aliphatic heterocycles. The molecule has 3 aliphatic carbocycles. The molecule has 0 atom stereocenters. The lowest BCUT2D eigenvalue weighted by molar-refractivity contribution is -0.0665. The van der Waals surface area contributed by atoms with Crippen LogP contribution in [0.15, 0.2) is 18.2 Å². The monoisotopic (exact) mass is 440 g/mol. The van der Waals surface area contributed by atoms with Crippen LogP contribution in [0.2, 0.25) is 0 Å². The van der Waals surface area contributed by atoms with Crippen molar-refractivity contribution in [3.05, 3.63) is 34.9 Å². The maximum absolute atomic E-state index is 9.32. The summed E-state index contributed by atoms with van der Waals surface area (Å²) in [6, 6.07) is 8.37. The number of ether oxygens (including phenoxy) is 1. The van der Waals surface area contributed by atoms with Crippen molar-refractivity contribution >= 4 is 29.1 Å². The second-order valence-electron chi connectivity index (χ2n) is 9.04. The van der Waals surface area contributed by atoms with Gasteiger partial charge in [-0.25, -0.2) is 0 Å². The molecule has 0 amide bonds. The summed E-state index contributed by atoms with van der Waals surface area (Å²) < 4.78 is 6.33. The van der Waals surface area contributed by atoms with E-state index in [0.717, 1.165) is 36.0 Å². The Balaban J connectivity index is 1.51. The average Bonchev–Trinajstić information content (AvgIpc) is 3.13. The number of rotatable bonds is 7. The quantitative estimate of drug-likeness (QED) is 0.454. The smallest absolute Gasteiger partial charge is 0.250 e. The Hall–Kier alpha value is -4.11. The fourth-order valence-electron chi connectivity index (χ4n) is 5.00. The predicted molar refractivity (Wildman–Crippen MR) is 125 cm³/mol. The van der Waals surface area contributed by atoms with Crippen LogP contribution in [0.25, 0.3) is 17.2 Å². The Labute approximate surface area is 191 Å². The van der Waals surface area contributed by atoms with E-state index in [2.05, 4.69) is 36.6 Å². The molecule has 2 bridgehead atoms. The van der Waals surface area contributed by atoms with Gasteiger partial charge in [-0.3, -0.25) is 0 Å². The first-order valence-electron chi connectivity index (χ1n) is 10.9. The number of allylic oxidation sites excluding steroid dienone is 1. The molecule has 2 heterocycles. The molecule has 33 heavy (non-hydrogen) atoms. The lowest BCUT2D eigenvalue weighted by Gasteiger charge is -2.66. The number of nitrogens with one attached hydrogen (secondary N) is 3. The molecule has 166 valence electrons. The molecule has 3 N–H and O–H groups in total. The lowest BCUT2D eigenvalue weighted by atomic mass is 9.40. The van der Waals surface area contributed by atoms with Gasteiger partial charge in [-0.2, -0.15) is 25.5 Å². The maximum Gasteiger partial charge on any atom is 0.250 e. The zero-order chi connectivity index (χ0) is 23.2. The van der Waals surface area contributed by atoms with Gasteiger partial charge in [-0.1, -0.05) is 0 Å². The van der Waals surface area contributed by atoms with E-state index in [9.17, 15) is 5.26 Å². The highest BCUT2D eigenvalue weighted by molar-refractivity contribution is 5.80. The van der Waals surface area contributed by atoms with Crippen LogP contribution in [-0.2, 0) is 0 Å². The van der Waals surface area contributed by atoms with Crippen LogP contribution in [0.1, 0.15) is 42.9 Å². The number of aromatic nitrogens is 4. The normalized spacial score (nSPS) is 22.8. The summed E-state index contributed by atoms with van der Waals surface area (Å²) in [7, 11) is 0. The lowest BCUT2D eigenvalue weighted by Crippen LogP contribution is -2.70. The van der Waals surface area contributed by atoms with Crippen molar-refractivity contribution in [2.24, 2.45) is 5.41 Å². The van der Waals surface area contributed by atoms with E-state index in [1.807, 2.05) is 39.0 Å². The molecular formula is C24H24N8O. The van der Waals surface area contributed by atoms with Crippen LogP contribution < -0.4 is 15.4 Å². The van der Waals surface area contributed by atoms with Gasteiger partial charge >= 0.3 is 0 Å². The number of hydrogen-bond donors (Lipinski definition) is 3. The summed E-state index contributed by atoms with van der Waals surface area (Å²) in [6.07, 6.45) is 5.66. The van der Waals surface area contributed by atoms with Crippen molar-refractivity contribution in [3.63, 3.8) is 0 Å². The van der Waals surface area contributed by atoms with E-state index >= 15 is 0 Å². The molecule has 9 nitrogen and oxygen atoms in total. The van der Waals surface area contributed by atoms with Crippen molar-refractivity contribution in [2.75, 3.05) is 17.2 Å². The summed E-state index contributed by atoms with van der Waals surface area (Å²) in [4.78, 5) is 17.0. The third-order valence-corrected chi connectivity index (χ3v) is 6.34. The number of fused-ring (bicyclic) bond motifs is 1. The molecule has 0 saturated heterocycles. The van der Waals surface area contributed by atoms with Gasteiger partial charge in [0, 0.05) is 18.2 Å². The van der Waals surface area contributed by atoms with Crippen molar-refractivity contribution < 1.29 is 4.74 Å². The molecular weight excluding hydrogens is 416 g/mol. The van der Waals surface area contributed by atoms with Gasteiger partial charge in [0.05, 0.1) is 17.6 Å². The summed E-state index contributed by atoms with van der Waals surface area (Å²) in [5.74, 6) is 2.13. The molecule has 3 fully saturated rings. The van der Waals surface area contributed by atoms with Gasteiger partial charge in [0.25, 0.3) is 5.88 Å². The first-order chi connectivity index (χ1) is 15.9. The molecule has 0 unspecified atom stereocenters. The van der Waals surface area contributed by atoms with Gasteiger partial charge in [-0.15, -0.1) is 0 Å². The third kappa shape index (κ3) is 3.52. The molecule has 9 heteroatoms.